The van der Waals surface area contributed by atoms with Gasteiger partial charge in [0.05, 0.1) is 0 Å². The SMILES string of the molecule is CCc1ccc(O)c(C(=NO)c2ccccc2)c1. The second kappa shape index (κ2) is 5.36. The Morgan fingerprint density at radius 1 is 1.11 bits per heavy atom. The second-order valence-corrected chi connectivity index (χ2v) is 4.02. The molecule has 0 aliphatic rings. The van der Waals surface area contributed by atoms with Crippen molar-refractivity contribution in [2.75, 3.05) is 0 Å². The lowest BCUT2D eigenvalue weighted by molar-refractivity contribution is 0.319. The van der Waals surface area contributed by atoms with Crippen LogP contribution in [0.5, 0.6) is 5.75 Å². The lowest BCUT2D eigenvalue weighted by Crippen LogP contribution is -2.04. The first-order valence-corrected chi connectivity index (χ1v) is 5.86. The van der Waals surface area contributed by atoms with E-state index in [4.69, 9.17) is 0 Å². The highest BCUT2D eigenvalue weighted by Crippen LogP contribution is 2.22. The molecule has 0 amide bonds. The fourth-order valence-electron chi connectivity index (χ4n) is 1.86. The van der Waals surface area contributed by atoms with Crippen molar-refractivity contribution >= 4 is 5.71 Å². The molecular formula is C15H15NO2. The predicted octanol–water partition coefficient (Wildman–Crippen LogP) is 3.18. The van der Waals surface area contributed by atoms with Crippen LogP contribution in [0.4, 0.5) is 0 Å². The Labute approximate surface area is 106 Å². The Kier molecular flexibility index (Phi) is 3.63. The highest BCUT2D eigenvalue weighted by atomic mass is 16.4. The third-order valence-corrected chi connectivity index (χ3v) is 2.87. The highest BCUT2D eigenvalue weighted by Gasteiger charge is 2.12. The van der Waals surface area contributed by atoms with Gasteiger partial charge in [0.2, 0.25) is 0 Å². The van der Waals surface area contributed by atoms with Crippen molar-refractivity contribution in [2.45, 2.75) is 13.3 Å². The Morgan fingerprint density at radius 3 is 2.44 bits per heavy atom. The predicted molar refractivity (Wildman–Crippen MR) is 71.4 cm³/mol. The molecule has 2 aromatic carbocycles. The third-order valence-electron chi connectivity index (χ3n) is 2.87. The number of nitrogens with zero attached hydrogens (tertiary/aromatic N) is 1. The van der Waals surface area contributed by atoms with E-state index in [0.717, 1.165) is 17.5 Å². The standard InChI is InChI=1S/C15H15NO2/c1-2-11-8-9-14(17)13(10-11)15(16-18)12-6-4-3-5-7-12/h3-10,17-18H,2H2,1H3. The van der Waals surface area contributed by atoms with Crippen molar-refractivity contribution in [1.29, 1.82) is 0 Å². The van der Waals surface area contributed by atoms with Crippen molar-refractivity contribution in [1.82, 2.24) is 0 Å². The van der Waals surface area contributed by atoms with E-state index >= 15 is 0 Å². The van der Waals surface area contributed by atoms with Crippen LogP contribution in [0.25, 0.3) is 0 Å². The molecule has 18 heavy (non-hydrogen) atoms. The van der Waals surface area contributed by atoms with Gasteiger partial charge < -0.3 is 10.3 Å². The Morgan fingerprint density at radius 2 is 1.83 bits per heavy atom. The van der Waals surface area contributed by atoms with Crippen LogP contribution in [0.3, 0.4) is 0 Å². The summed E-state index contributed by atoms with van der Waals surface area (Å²) in [5.74, 6) is 0.115. The summed E-state index contributed by atoms with van der Waals surface area (Å²) in [6.07, 6.45) is 0.862. The maximum Gasteiger partial charge on any atom is 0.125 e. The van der Waals surface area contributed by atoms with Crippen molar-refractivity contribution in [3.8, 4) is 5.75 Å². The van der Waals surface area contributed by atoms with E-state index in [0.29, 0.717) is 11.3 Å². The molecule has 0 aliphatic heterocycles. The molecule has 0 radical (unpaired) electrons. The number of rotatable bonds is 3. The summed E-state index contributed by atoms with van der Waals surface area (Å²) in [5.41, 5.74) is 2.77. The average Bonchev–Trinajstić information content (AvgIpc) is 2.43. The summed E-state index contributed by atoms with van der Waals surface area (Å²) in [5, 5.41) is 22.4. The molecule has 2 aromatic rings. The Balaban J connectivity index is 2.52. The van der Waals surface area contributed by atoms with Gasteiger partial charge in [0.1, 0.15) is 11.5 Å². The van der Waals surface area contributed by atoms with Gasteiger partial charge in [-0.2, -0.15) is 0 Å². The largest absolute Gasteiger partial charge is 0.507 e. The van der Waals surface area contributed by atoms with Crippen LogP contribution < -0.4 is 0 Å². The molecule has 0 aliphatic carbocycles. The van der Waals surface area contributed by atoms with E-state index in [1.165, 1.54) is 0 Å². The highest BCUT2D eigenvalue weighted by molar-refractivity contribution is 6.14. The molecule has 0 saturated heterocycles. The van der Waals surface area contributed by atoms with E-state index in [9.17, 15) is 10.3 Å². The van der Waals surface area contributed by atoms with Gasteiger partial charge in [0, 0.05) is 11.1 Å². The number of aromatic hydroxyl groups is 1. The summed E-state index contributed by atoms with van der Waals surface area (Å²) in [6.45, 7) is 2.04. The normalized spacial score (nSPS) is 11.5. The number of hydrogen-bond donors (Lipinski definition) is 2. The minimum absolute atomic E-state index is 0.115. The summed E-state index contributed by atoms with van der Waals surface area (Å²) in [7, 11) is 0. The summed E-state index contributed by atoms with van der Waals surface area (Å²) >= 11 is 0. The van der Waals surface area contributed by atoms with Crippen LogP contribution in [-0.2, 0) is 6.42 Å². The van der Waals surface area contributed by atoms with Gasteiger partial charge in [0.15, 0.2) is 0 Å². The fraction of sp³-hybridized carbons (Fsp3) is 0.133. The van der Waals surface area contributed by atoms with E-state index in [1.807, 2.05) is 49.4 Å². The van der Waals surface area contributed by atoms with Crippen LogP contribution in [0, 0.1) is 0 Å². The molecule has 2 N–H and O–H groups in total. The van der Waals surface area contributed by atoms with Crippen LogP contribution in [0.15, 0.2) is 53.7 Å². The molecule has 3 nitrogen and oxygen atoms in total. The van der Waals surface area contributed by atoms with Crippen molar-refractivity contribution in [3.63, 3.8) is 0 Å². The van der Waals surface area contributed by atoms with Gasteiger partial charge >= 0.3 is 0 Å². The zero-order valence-corrected chi connectivity index (χ0v) is 10.2. The minimum Gasteiger partial charge on any atom is -0.507 e. The van der Waals surface area contributed by atoms with Crippen molar-refractivity contribution in [2.24, 2.45) is 5.16 Å². The summed E-state index contributed by atoms with van der Waals surface area (Å²) in [6, 6.07) is 14.6. The Hall–Kier alpha value is -2.29. The van der Waals surface area contributed by atoms with Gasteiger partial charge in [-0.15, -0.1) is 0 Å². The van der Waals surface area contributed by atoms with Gasteiger partial charge in [0.25, 0.3) is 0 Å². The van der Waals surface area contributed by atoms with Crippen molar-refractivity contribution < 1.29 is 10.3 Å². The molecule has 0 heterocycles. The van der Waals surface area contributed by atoms with Crippen molar-refractivity contribution in [3.05, 3.63) is 65.2 Å². The topological polar surface area (TPSA) is 52.8 Å². The molecule has 3 heteroatoms. The zero-order chi connectivity index (χ0) is 13.0. The van der Waals surface area contributed by atoms with Gasteiger partial charge in [-0.05, 0) is 24.1 Å². The molecule has 0 fully saturated rings. The Bertz CT molecular complexity index is 562. The molecule has 0 spiro atoms. The van der Waals surface area contributed by atoms with E-state index < -0.39 is 0 Å². The molecule has 0 aromatic heterocycles. The number of benzene rings is 2. The second-order valence-electron chi connectivity index (χ2n) is 4.02. The maximum absolute atomic E-state index is 9.90. The number of hydrogen-bond acceptors (Lipinski definition) is 3. The monoisotopic (exact) mass is 241 g/mol. The molecule has 0 atom stereocenters. The molecule has 0 bridgehead atoms. The van der Waals surface area contributed by atoms with Crippen LogP contribution in [-0.4, -0.2) is 16.0 Å². The van der Waals surface area contributed by atoms with Gasteiger partial charge in [-0.1, -0.05) is 48.5 Å². The van der Waals surface area contributed by atoms with E-state index in [1.54, 1.807) is 6.07 Å². The fourth-order valence-corrected chi connectivity index (χ4v) is 1.86. The smallest absolute Gasteiger partial charge is 0.125 e. The molecule has 0 unspecified atom stereocenters. The van der Waals surface area contributed by atoms with Gasteiger partial charge in [-0.3, -0.25) is 0 Å². The molecular weight excluding hydrogens is 226 g/mol. The lowest BCUT2D eigenvalue weighted by Gasteiger charge is -2.08. The van der Waals surface area contributed by atoms with E-state index in [2.05, 4.69) is 5.16 Å². The zero-order valence-electron chi connectivity index (χ0n) is 10.2. The number of oxime groups is 1. The molecule has 92 valence electrons. The quantitative estimate of drug-likeness (QED) is 0.492. The summed E-state index contributed by atoms with van der Waals surface area (Å²) < 4.78 is 0. The molecule has 2 rings (SSSR count). The molecule has 0 saturated carbocycles. The van der Waals surface area contributed by atoms with Crippen LogP contribution >= 0.6 is 0 Å². The van der Waals surface area contributed by atoms with E-state index in [-0.39, 0.29) is 5.75 Å². The van der Waals surface area contributed by atoms with Crippen LogP contribution in [0.2, 0.25) is 0 Å². The maximum atomic E-state index is 9.90. The first-order valence-electron chi connectivity index (χ1n) is 5.86. The number of phenolic OH excluding ortho intramolecular Hbond substituents is 1. The minimum atomic E-state index is 0.115. The number of aryl methyl sites for hydroxylation is 1. The van der Waals surface area contributed by atoms with Gasteiger partial charge in [-0.25, -0.2) is 0 Å². The number of phenols is 1. The summed E-state index contributed by atoms with van der Waals surface area (Å²) in [4.78, 5) is 0. The first-order chi connectivity index (χ1) is 8.76. The lowest BCUT2D eigenvalue weighted by atomic mass is 9.99. The van der Waals surface area contributed by atoms with Crippen LogP contribution in [0.1, 0.15) is 23.6 Å². The average molecular weight is 241 g/mol. The first kappa shape index (κ1) is 12.2. The third kappa shape index (κ3) is 2.35.